The van der Waals surface area contributed by atoms with Crippen LogP contribution in [0, 0.1) is 11.8 Å². The maximum Gasteiger partial charge on any atom is 0.0956 e. The minimum atomic E-state index is -0.292. The molecule has 0 radical (unpaired) electrons. The fraction of sp³-hybridized carbons (Fsp3) is 0.419. The first kappa shape index (κ1) is 23.8. The number of β-amino-alcohol motifs (C(OH)–C–C–N with tert-alkyl or cyclic N) is 1. The van der Waals surface area contributed by atoms with Gasteiger partial charge in [-0.15, -0.1) is 0 Å². The number of hydrogen-bond acceptors (Lipinski definition) is 5. The fourth-order valence-corrected chi connectivity index (χ4v) is 7.36. The molecule has 0 amide bonds. The van der Waals surface area contributed by atoms with Crippen LogP contribution in [0.1, 0.15) is 55.3 Å². The van der Waals surface area contributed by atoms with E-state index in [1.807, 2.05) is 25.0 Å². The summed E-state index contributed by atoms with van der Waals surface area (Å²) < 4.78 is 4.48. The third-order valence-corrected chi connectivity index (χ3v) is 9.14. The average Bonchev–Trinajstić information content (AvgIpc) is 3.72. The van der Waals surface area contributed by atoms with Gasteiger partial charge in [0.25, 0.3) is 0 Å². The third kappa shape index (κ3) is 3.83. The normalized spacial score (nSPS) is 29.0. The minimum absolute atomic E-state index is 0.180. The van der Waals surface area contributed by atoms with Crippen LogP contribution in [0.25, 0.3) is 22.5 Å². The fourth-order valence-electron chi connectivity index (χ4n) is 7.36. The zero-order valence-electron chi connectivity index (χ0n) is 21.5. The molecule has 2 aromatic carbocycles. The molecule has 7 heteroatoms. The lowest BCUT2D eigenvalue weighted by molar-refractivity contribution is 0.0504. The molecule has 3 aliphatic heterocycles. The summed E-state index contributed by atoms with van der Waals surface area (Å²) in [4.78, 5) is 8.57. The number of imidazole rings is 2. The Kier molecular flexibility index (Phi) is 6.15. The summed E-state index contributed by atoms with van der Waals surface area (Å²) >= 11 is 0. The number of benzene rings is 2. The van der Waals surface area contributed by atoms with Gasteiger partial charge in [0.15, 0.2) is 0 Å². The first-order valence-electron chi connectivity index (χ1n) is 14.0. The van der Waals surface area contributed by atoms with E-state index in [1.54, 1.807) is 0 Å². The summed E-state index contributed by atoms with van der Waals surface area (Å²) in [7, 11) is 0. The second-order valence-corrected chi connectivity index (χ2v) is 11.2. The quantitative estimate of drug-likeness (QED) is 0.372. The molecule has 4 aromatic rings. The number of nitrogens with one attached hydrogen (secondary N) is 1. The molecule has 4 aliphatic rings. The molecule has 196 valence electrons. The van der Waals surface area contributed by atoms with Crippen LogP contribution >= 0.6 is 0 Å². The zero-order chi connectivity index (χ0) is 25.6. The van der Waals surface area contributed by atoms with Gasteiger partial charge in [-0.25, -0.2) is 9.97 Å². The highest BCUT2D eigenvalue weighted by Crippen LogP contribution is 2.47. The van der Waals surface area contributed by atoms with Crippen molar-refractivity contribution in [1.82, 2.24) is 24.4 Å². The second-order valence-electron chi connectivity index (χ2n) is 11.2. The van der Waals surface area contributed by atoms with Crippen LogP contribution in [0.2, 0.25) is 0 Å². The van der Waals surface area contributed by atoms with E-state index in [0.717, 1.165) is 32.2 Å². The Labute approximate surface area is 223 Å². The number of hydrogen-bond donors (Lipinski definition) is 3. The smallest absolute Gasteiger partial charge is 0.0956 e. The van der Waals surface area contributed by atoms with E-state index >= 15 is 0 Å². The van der Waals surface area contributed by atoms with Crippen molar-refractivity contribution in [2.24, 2.45) is 11.8 Å². The summed E-state index contributed by atoms with van der Waals surface area (Å²) in [5, 5.41) is 24.0. The zero-order valence-corrected chi connectivity index (χ0v) is 21.5. The summed E-state index contributed by atoms with van der Waals surface area (Å²) in [5.41, 5.74) is 7.58. The Hall–Kier alpha value is -3.26. The molecule has 6 unspecified atom stereocenters. The molecule has 8 rings (SSSR count). The van der Waals surface area contributed by atoms with Crippen molar-refractivity contribution >= 4 is 0 Å². The van der Waals surface area contributed by atoms with Gasteiger partial charge in [-0.05, 0) is 36.9 Å². The van der Waals surface area contributed by atoms with Gasteiger partial charge in [0, 0.05) is 29.5 Å². The van der Waals surface area contributed by atoms with Crippen LogP contribution in [0.15, 0.2) is 73.6 Å². The second kappa shape index (κ2) is 9.80. The molecule has 1 saturated carbocycles. The first-order valence-corrected chi connectivity index (χ1v) is 14.0. The highest BCUT2D eigenvalue weighted by Gasteiger charge is 2.39. The molecule has 0 spiro atoms. The van der Waals surface area contributed by atoms with Crippen LogP contribution < -0.4 is 5.32 Å². The number of aliphatic hydroxyl groups is 2. The van der Waals surface area contributed by atoms with Gasteiger partial charge in [0.1, 0.15) is 0 Å². The van der Waals surface area contributed by atoms with Crippen molar-refractivity contribution in [3.8, 4) is 22.5 Å². The van der Waals surface area contributed by atoms with Gasteiger partial charge >= 0.3 is 0 Å². The van der Waals surface area contributed by atoms with Crippen LogP contribution in [0.5, 0.6) is 0 Å². The maximum atomic E-state index is 10.4. The molecule has 6 atom stereocenters. The lowest BCUT2D eigenvalue weighted by atomic mass is 9.79. The van der Waals surface area contributed by atoms with Crippen molar-refractivity contribution in [3.63, 3.8) is 0 Å². The molecule has 3 N–H and O–H groups in total. The van der Waals surface area contributed by atoms with Gasteiger partial charge in [-0.3, -0.25) is 0 Å². The number of nitrogens with zero attached hydrogens (tertiary/aromatic N) is 4. The molecule has 1 saturated heterocycles. The van der Waals surface area contributed by atoms with Crippen LogP contribution in [0.4, 0.5) is 0 Å². The first-order chi connectivity index (χ1) is 18.7. The van der Waals surface area contributed by atoms with E-state index in [0.29, 0.717) is 12.5 Å². The highest BCUT2D eigenvalue weighted by atomic mass is 16.3. The summed E-state index contributed by atoms with van der Waals surface area (Å²) in [5.74, 6) is 0.586. The predicted octanol–water partition coefficient (Wildman–Crippen LogP) is 4.43. The lowest BCUT2D eigenvalue weighted by Gasteiger charge is -2.34. The number of piperidine rings is 1. The van der Waals surface area contributed by atoms with Crippen molar-refractivity contribution in [2.45, 2.75) is 56.4 Å². The summed E-state index contributed by atoms with van der Waals surface area (Å²) in [6, 6.07) is 17.5. The van der Waals surface area contributed by atoms with Gasteiger partial charge in [0.05, 0.1) is 60.7 Å². The monoisotopic (exact) mass is 509 g/mol. The number of aliphatic hydroxyl groups excluding tert-OH is 2. The Morgan fingerprint density at radius 3 is 1.82 bits per heavy atom. The topological polar surface area (TPSA) is 88.1 Å². The Bertz CT molecular complexity index is 1320. The largest absolute Gasteiger partial charge is 0.393 e. The van der Waals surface area contributed by atoms with Gasteiger partial charge < -0.3 is 24.7 Å². The molecule has 2 aromatic heterocycles. The minimum Gasteiger partial charge on any atom is -0.393 e. The molecule has 5 heterocycles. The number of rotatable bonds is 2. The van der Waals surface area contributed by atoms with E-state index in [2.05, 4.69) is 72.9 Å². The standard InChI is InChI=1S/C16H18N2O.C15H17N3O/c19-15-8-4-3-7-13(15)16-12-6-2-1-5-11(12)14-9-17-10-18(14)16;19-14-8-16-6-5-12(14)15-11-4-2-1-3-10(11)13-7-17-9-18(13)15/h1-2,5-6,9-10,13,15-16,19H,3-4,7-8H2;1-4,7,9,12,14-16,19H,5-6,8H2. The molecule has 0 bridgehead atoms. The predicted molar refractivity (Wildman–Crippen MR) is 147 cm³/mol. The molecular weight excluding hydrogens is 474 g/mol. The Balaban J connectivity index is 0.000000127. The van der Waals surface area contributed by atoms with Gasteiger partial charge in [0.2, 0.25) is 0 Å². The van der Waals surface area contributed by atoms with Crippen molar-refractivity contribution < 1.29 is 10.2 Å². The van der Waals surface area contributed by atoms with E-state index in [1.165, 1.54) is 40.1 Å². The number of aromatic nitrogens is 4. The van der Waals surface area contributed by atoms with Crippen LogP contribution in [0.3, 0.4) is 0 Å². The SMILES string of the molecule is OC1CCCCC1C1c2ccccc2-c2cncn21.OC1CNCCC1C1c2ccccc2-c2cncn21. The van der Waals surface area contributed by atoms with Crippen LogP contribution in [-0.4, -0.2) is 54.6 Å². The number of fused-ring (bicyclic) bond motifs is 6. The van der Waals surface area contributed by atoms with E-state index < -0.39 is 0 Å². The molecule has 38 heavy (non-hydrogen) atoms. The average molecular weight is 510 g/mol. The Morgan fingerprint density at radius 1 is 0.684 bits per heavy atom. The van der Waals surface area contributed by atoms with Crippen LogP contribution in [-0.2, 0) is 0 Å². The molecule has 1 aliphatic carbocycles. The van der Waals surface area contributed by atoms with Crippen molar-refractivity contribution in [2.75, 3.05) is 13.1 Å². The summed E-state index contributed by atoms with van der Waals surface area (Å²) in [6.45, 7) is 1.66. The third-order valence-electron chi connectivity index (χ3n) is 9.14. The van der Waals surface area contributed by atoms with E-state index in [4.69, 9.17) is 0 Å². The van der Waals surface area contributed by atoms with Crippen molar-refractivity contribution in [3.05, 3.63) is 84.7 Å². The van der Waals surface area contributed by atoms with Gasteiger partial charge in [-0.1, -0.05) is 61.4 Å². The molecular formula is C31H35N5O2. The Morgan fingerprint density at radius 2 is 1.24 bits per heavy atom. The summed E-state index contributed by atoms with van der Waals surface area (Å²) in [6.07, 6.45) is 12.6. The molecule has 7 nitrogen and oxygen atoms in total. The molecule has 2 fully saturated rings. The lowest BCUT2D eigenvalue weighted by Crippen LogP contribution is -2.43. The van der Waals surface area contributed by atoms with E-state index in [-0.39, 0.29) is 30.2 Å². The van der Waals surface area contributed by atoms with E-state index in [9.17, 15) is 10.2 Å². The van der Waals surface area contributed by atoms with Crippen molar-refractivity contribution in [1.29, 1.82) is 0 Å². The maximum absolute atomic E-state index is 10.4. The van der Waals surface area contributed by atoms with Gasteiger partial charge in [-0.2, -0.15) is 0 Å². The highest BCUT2D eigenvalue weighted by molar-refractivity contribution is 5.70.